The Balaban J connectivity index is 1.45. The highest BCUT2D eigenvalue weighted by molar-refractivity contribution is 6.05. The number of carbonyl (C=O) groups is 1. The Kier molecular flexibility index (Phi) is 4.43. The van der Waals surface area contributed by atoms with Crippen LogP contribution in [0.4, 0.5) is 5.82 Å². The molecule has 7 nitrogen and oxygen atoms in total. The second kappa shape index (κ2) is 7.26. The van der Waals surface area contributed by atoms with Gasteiger partial charge in [-0.25, -0.2) is 14.3 Å². The van der Waals surface area contributed by atoms with Crippen LogP contribution in [0.25, 0.3) is 11.4 Å². The van der Waals surface area contributed by atoms with Crippen molar-refractivity contribution in [1.82, 2.24) is 24.5 Å². The molecule has 7 heteroatoms. The minimum Gasteiger partial charge on any atom is -0.306 e. The Labute approximate surface area is 174 Å². The summed E-state index contributed by atoms with van der Waals surface area (Å²) in [4.78, 5) is 17.1. The molecule has 0 radical (unpaired) electrons. The lowest BCUT2D eigenvalue weighted by Crippen LogP contribution is -2.16. The van der Waals surface area contributed by atoms with Gasteiger partial charge in [-0.15, -0.1) is 0 Å². The van der Waals surface area contributed by atoms with E-state index in [0.717, 1.165) is 29.1 Å². The summed E-state index contributed by atoms with van der Waals surface area (Å²) in [7, 11) is 0. The molecule has 30 heavy (non-hydrogen) atoms. The van der Waals surface area contributed by atoms with E-state index in [9.17, 15) is 4.79 Å². The van der Waals surface area contributed by atoms with Crippen molar-refractivity contribution in [3.8, 4) is 11.4 Å². The first-order valence-electron chi connectivity index (χ1n) is 10.0. The maximum absolute atomic E-state index is 13.1. The van der Waals surface area contributed by atoms with Crippen LogP contribution in [0.5, 0.6) is 0 Å². The molecule has 4 aromatic rings. The zero-order valence-corrected chi connectivity index (χ0v) is 16.9. The van der Waals surface area contributed by atoms with Gasteiger partial charge in [0.2, 0.25) is 0 Å². The highest BCUT2D eigenvalue weighted by atomic mass is 16.1. The van der Waals surface area contributed by atoms with Crippen molar-refractivity contribution >= 4 is 11.7 Å². The van der Waals surface area contributed by atoms with Crippen molar-refractivity contribution in [1.29, 1.82) is 0 Å². The summed E-state index contributed by atoms with van der Waals surface area (Å²) in [6.45, 7) is 4.14. The van der Waals surface area contributed by atoms with Crippen LogP contribution in [0.2, 0.25) is 0 Å². The van der Waals surface area contributed by atoms with Crippen LogP contribution < -0.4 is 5.32 Å². The minimum atomic E-state index is -0.162. The minimum absolute atomic E-state index is 0.162. The maximum atomic E-state index is 13.1. The number of para-hydroxylation sites is 1. The van der Waals surface area contributed by atoms with Crippen LogP contribution in [0.3, 0.4) is 0 Å². The largest absolute Gasteiger partial charge is 0.306 e. The number of carbonyl (C=O) groups excluding carboxylic acids is 1. The van der Waals surface area contributed by atoms with E-state index in [1.165, 1.54) is 6.33 Å². The number of aromatic nitrogens is 5. The lowest BCUT2D eigenvalue weighted by Gasteiger charge is -2.11. The Bertz CT molecular complexity index is 1200. The fourth-order valence-corrected chi connectivity index (χ4v) is 3.74. The second-order valence-electron chi connectivity index (χ2n) is 7.81. The van der Waals surface area contributed by atoms with Gasteiger partial charge >= 0.3 is 0 Å². The highest BCUT2D eigenvalue weighted by Gasteiger charge is 2.36. The van der Waals surface area contributed by atoms with Gasteiger partial charge in [-0.3, -0.25) is 4.79 Å². The summed E-state index contributed by atoms with van der Waals surface area (Å²) in [5.74, 6) is 1.62. The zero-order valence-electron chi connectivity index (χ0n) is 16.9. The van der Waals surface area contributed by atoms with Crippen LogP contribution in [-0.2, 0) is 0 Å². The number of benzene rings is 2. The molecule has 0 saturated heterocycles. The SMILES string of the molecule is Cc1cc(-n2cncn2)ccc1C(=O)Nc1cc([C@@H]2C[C@H]2C)nn1-c1ccccc1. The van der Waals surface area contributed by atoms with Crippen LogP contribution >= 0.6 is 0 Å². The molecule has 1 saturated carbocycles. The molecule has 5 rings (SSSR count). The molecule has 1 aliphatic rings. The average molecular weight is 398 g/mol. The summed E-state index contributed by atoms with van der Waals surface area (Å²) < 4.78 is 3.49. The molecule has 2 aromatic carbocycles. The molecule has 1 amide bonds. The third-order valence-corrected chi connectivity index (χ3v) is 5.60. The monoisotopic (exact) mass is 398 g/mol. The predicted molar refractivity (Wildman–Crippen MR) is 114 cm³/mol. The van der Waals surface area contributed by atoms with E-state index in [0.29, 0.717) is 23.2 Å². The smallest absolute Gasteiger partial charge is 0.257 e. The maximum Gasteiger partial charge on any atom is 0.257 e. The second-order valence-corrected chi connectivity index (χ2v) is 7.81. The topological polar surface area (TPSA) is 77.6 Å². The van der Waals surface area contributed by atoms with Gasteiger partial charge in [0, 0.05) is 17.5 Å². The van der Waals surface area contributed by atoms with Crippen LogP contribution in [-0.4, -0.2) is 30.5 Å². The van der Waals surface area contributed by atoms with Crippen molar-refractivity contribution in [2.24, 2.45) is 5.92 Å². The van der Waals surface area contributed by atoms with Gasteiger partial charge in [0.1, 0.15) is 18.5 Å². The van der Waals surface area contributed by atoms with Crippen molar-refractivity contribution < 1.29 is 4.79 Å². The third-order valence-electron chi connectivity index (χ3n) is 5.60. The van der Waals surface area contributed by atoms with Gasteiger partial charge in [-0.05, 0) is 55.2 Å². The van der Waals surface area contributed by atoms with Crippen LogP contribution in [0, 0.1) is 12.8 Å². The lowest BCUT2D eigenvalue weighted by molar-refractivity contribution is 0.102. The number of anilines is 1. The molecule has 1 aliphatic carbocycles. The Hall–Kier alpha value is -3.74. The normalized spacial score (nSPS) is 17.7. The quantitative estimate of drug-likeness (QED) is 0.548. The number of nitrogens with zero attached hydrogens (tertiary/aromatic N) is 5. The van der Waals surface area contributed by atoms with Gasteiger partial charge < -0.3 is 5.32 Å². The Morgan fingerprint density at radius 1 is 1.10 bits per heavy atom. The molecule has 150 valence electrons. The molecule has 0 bridgehead atoms. The number of hydrogen-bond acceptors (Lipinski definition) is 4. The molecular formula is C23H22N6O. The first-order chi connectivity index (χ1) is 14.6. The summed E-state index contributed by atoms with van der Waals surface area (Å²) >= 11 is 0. The molecule has 1 fully saturated rings. The van der Waals surface area contributed by atoms with Crippen LogP contribution in [0.15, 0.2) is 67.3 Å². The van der Waals surface area contributed by atoms with E-state index in [4.69, 9.17) is 5.10 Å². The molecule has 0 unspecified atom stereocenters. The van der Waals surface area contributed by atoms with Crippen molar-refractivity contribution in [3.63, 3.8) is 0 Å². The molecule has 2 atom stereocenters. The zero-order chi connectivity index (χ0) is 20.7. The van der Waals surface area contributed by atoms with E-state index in [2.05, 4.69) is 22.3 Å². The van der Waals surface area contributed by atoms with E-state index in [-0.39, 0.29) is 5.91 Å². The van der Waals surface area contributed by atoms with Crippen LogP contribution in [0.1, 0.15) is 40.9 Å². The summed E-state index contributed by atoms with van der Waals surface area (Å²) in [6.07, 6.45) is 4.26. The van der Waals surface area contributed by atoms with Gasteiger partial charge in [0.05, 0.1) is 17.1 Å². The highest BCUT2D eigenvalue weighted by Crippen LogP contribution is 2.47. The van der Waals surface area contributed by atoms with Crippen molar-refractivity contribution in [2.45, 2.75) is 26.2 Å². The van der Waals surface area contributed by atoms with E-state index < -0.39 is 0 Å². The number of aryl methyl sites for hydroxylation is 1. The van der Waals surface area contributed by atoms with Crippen molar-refractivity contribution in [3.05, 3.63) is 84.1 Å². The molecule has 0 spiro atoms. The number of amides is 1. The summed E-state index contributed by atoms with van der Waals surface area (Å²) in [6, 6.07) is 17.5. The number of nitrogens with one attached hydrogen (secondary N) is 1. The molecule has 1 N–H and O–H groups in total. The summed E-state index contributed by atoms with van der Waals surface area (Å²) in [5.41, 5.74) is 4.29. The molecule has 2 heterocycles. The number of hydrogen-bond donors (Lipinski definition) is 1. The number of rotatable bonds is 5. The Morgan fingerprint density at radius 2 is 1.90 bits per heavy atom. The molecule has 2 aromatic heterocycles. The van der Waals surface area contributed by atoms with Gasteiger partial charge in [0.25, 0.3) is 5.91 Å². The first kappa shape index (κ1) is 18.3. The molecule has 0 aliphatic heterocycles. The van der Waals surface area contributed by atoms with E-state index in [1.54, 1.807) is 11.0 Å². The first-order valence-corrected chi connectivity index (χ1v) is 10.0. The summed E-state index contributed by atoms with van der Waals surface area (Å²) in [5, 5.41) is 12.0. The lowest BCUT2D eigenvalue weighted by atomic mass is 10.1. The van der Waals surface area contributed by atoms with Gasteiger partial charge in [-0.1, -0.05) is 25.1 Å². The van der Waals surface area contributed by atoms with E-state index in [1.807, 2.05) is 66.2 Å². The fraction of sp³-hybridized carbons (Fsp3) is 0.217. The van der Waals surface area contributed by atoms with E-state index >= 15 is 0 Å². The molecular weight excluding hydrogens is 376 g/mol. The van der Waals surface area contributed by atoms with Gasteiger partial charge in [0.15, 0.2) is 0 Å². The predicted octanol–water partition coefficient (Wildman–Crippen LogP) is 4.14. The third kappa shape index (κ3) is 3.39. The van der Waals surface area contributed by atoms with Crippen molar-refractivity contribution in [2.75, 3.05) is 5.32 Å². The standard InChI is InChI=1S/C23H22N6O/c1-15-10-18(28-14-24-13-25-28)8-9-19(15)23(30)26-22-12-21(20-11-16(20)2)27-29(22)17-6-4-3-5-7-17/h3-10,12-14,16,20H,11H2,1-2H3,(H,26,30)/t16-,20-/m1/s1. The fourth-order valence-electron chi connectivity index (χ4n) is 3.74. The van der Waals surface area contributed by atoms with Gasteiger partial charge in [-0.2, -0.15) is 10.2 Å². The Morgan fingerprint density at radius 3 is 2.57 bits per heavy atom. The average Bonchev–Trinajstić information content (AvgIpc) is 3.13.